The topological polar surface area (TPSA) is 61.2 Å². The van der Waals surface area contributed by atoms with Gasteiger partial charge in [-0.25, -0.2) is 4.98 Å². The summed E-state index contributed by atoms with van der Waals surface area (Å²) < 4.78 is 5.89. The normalized spacial score (nSPS) is 19.0. The third-order valence-electron chi connectivity index (χ3n) is 5.96. The summed E-state index contributed by atoms with van der Waals surface area (Å²) in [5.41, 5.74) is 3.11. The van der Waals surface area contributed by atoms with Crippen LogP contribution in [0.2, 0.25) is 0 Å². The second-order valence-electron chi connectivity index (χ2n) is 8.20. The number of amidine groups is 1. The highest BCUT2D eigenvalue weighted by Crippen LogP contribution is 2.25. The fraction of sp³-hybridized carbons (Fsp3) is 0.478. The van der Waals surface area contributed by atoms with Crippen LogP contribution in [0.1, 0.15) is 42.4 Å². The van der Waals surface area contributed by atoms with E-state index in [1.165, 1.54) is 25.7 Å². The van der Waals surface area contributed by atoms with Crippen molar-refractivity contribution in [2.75, 3.05) is 26.2 Å². The van der Waals surface area contributed by atoms with Crippen LogP contribution in [-0.2, 0) is 0 Å². The fourth-order valence-electron chi connectivity index (χ4n) is 4.56. The fourth-order valence-corrected chi connectivity index (χ4v) is 4.56. The minimum Gasteiger partial charge on any atom is -0.439 e. The van der Waals surface area contributed by atoms with Gasteiger partial charge in [0.05, 0.1) is 0 Å². The number of oxime groups is 1. The lowest BCUT2D eigenvalue weighted by molar-refractivity contribution is 0.132. The molecular formula is C23H30N4O2. The van der Waals surface area contributed by atoms with Gasteiger partial charge in [-0.2, -0.15) is 0 Å². The first kappa shape index (κ1) is 19.7. The molecule has 4 rings (SSSR count). The molecule has 1 aliphatic heterocycles. The van der Waals surface area contributed by atoms with Gasteiger partial charge in [-0.05, 0) is 56.0 Å². The van der Waals surface area contributed by atoms with Crippen LogP contribution in [-0.4, -0.2) is 58.0 Å². The highest BCUT2D eigenvalue weighted by atomic mass is 16.5. The van der Waals surface area contributed by atoms with Gasteiger partial charge in [0, 0.05) is 50.0 Å². The Morgan fingerprint density at radius 3 is 2.31 bits per heavy atom. The van der Waals surface area contributed by atoms with E-state index in [0.29, 0.717) is 11.7 Å². The lowest BCUT2D eigenvalue weighted by Gasteiger charge is -2.39. The highest BCUT2D eigenvalue weighted by molar-refractivity contribution is 5.98. The van der Waals surface area contributed by atoms with Gasteiger partial charge in [0.2, 0.25) is 5.88 Å². The maximum absolute atomic E-state index is 9.65. The Kier molecular flexibility index (Phi) is 6.00. The predicted octanol–water partition coefficient (Wildman–Crippen LogP) is 4.19. The quantitative estimate of drug-likeness (QED) is 0.365. The molecule has 2 aliphatic rings. The van der Waals surface area contributed by atoms with Gasteiger partial charge >= 0.3 is 0 Å². The molecule has 0 unspecified atom stereocenters. The summed E-state index contributed by atoms with van der Waals surface area (Å²) in [7, 11) is 0. The third-order valence-corrected chi connectivity index (χ3v) is 5.96. The molecule has 0 spiro atoms. The van der Waals surface area contributed by atoms with Crippen molar-refractivity contribution in [2.45, 2.75) is 45.6 Å². The SMILES string of the molecule is Cc1cc(C)cc(Oc2ccc(/C(=N/O)N3CCN(C4CCCC4)CC3)cn2)c1. The molecule has 6 heteroatoms. The van der Waals surface area contributed by atoms with E-state index in [1.54, 1.807) is 6.20 Å². The summed E-state index contributed by atoms with van der Waals surface area (Å²) in [4.78, 5) is 9.16. The second-order valence-corrected chi connectivity index (χ2v) is 8.20. The van der Waals surface area contributed by atoms with Crippen molar-refractivity contribution in [3.63, 3.8) is 0 Å². The molecule has 0 atom stereocenters. The number of ether oxygens (including phenoxy) is 1. The Balaban J connectivity index is 1.39. The average Bonchev–Trinajstić information content (AvgIpc) is 3.24. The molecule has 1 aromatic heterocycles. The van der Waals surface area contributed by atoms with Gasteiger partial charge < -0.3 is 14.8 Å². The maximum Gasteiger partial charge on any atom is 0.219 e. The lowest BCUT2D eigenvalue weighted by atomic mass is 10.1. The summed E-state index contributed by atoms with van der Waals surface area (Å²) >= 11 is 0. The molecule has 29 heavy (non-hydrogen) atoms. The van der Waals surface area contributed by atoms with Crippen molar-refractivity contribution < 1.29 is 9.94 Å². The first-order chi connectivity index (χ1) is 14.1. The number of hydrogen-bond acceptors (Lipinski definition) is 5. The van der Waals surface area contributed by atoms with Gasteiger partial charge in [0.1, 0.15) is 5.75 Å². The Morgan fingerprint density at radius 2 is 1.72 bits per heavy atom. The van der Waals surface area contributed by atoms with E-state index < -0.39 is 0 Å². The van der Waals surface area contributed by atoms with Crippen LogP contribution in [0.5, 0.6) is 11.6 Å². The number of hydrogen-bond donors (Lipinski definition) is 1. The van der Waals surface area contributed by atoms with E-state index in [4.69, 9.17) is 4.74 Å². The van der Waals surface area contributed by atoms with E-state index in [2.05, 4.69) is 26.0 Å². The van der Waals surface area contributed by atoms with E-state index in [-0.39, 0.29) is 0 Å². The largest absolute Gasteiger partial charge is 0.439 e. The number of aryl methyl sites for hydroxylation is 2. The third kappa shape index (κ3) is 4.70. The molecule has 2 heterocycles. The zero-order chi connectivity index (χ0) is 20.2. The van der Waals surface area contributed by atoms with Gasteiger partial charge in [-0.3, -0.25) is 4.90 Å². The summed E-state index contributed by atoms with van der Waals surface area (Å²) in [5.74, 6) is 1.89. The maximum atomic E-state index is 9.65. The van der Waals surface area contributed by atoms with Crippen LogP contribution in [0.4, 0.5) is 0 Å². The van der Waals surface area contributed by atoms with E-state index in [0.717, 1.165) is 54.7 Å². The molecule has 0 amide bonds. The Morgan fingerprint density at radius 1 is 1.03 bits per heavy atom. The van der Waals surface area contributed by atoms with Crippen LogP contribution in [0, 0.1) is 13.8 Å². The van der Waals surface area contributed by atoms with Crippen LogP contribution < -0.4 is 4.74 Å². The Hall–Kier alpha value is -2.60. The highest BCUT2D eigenvalue weighted by Gasteiger charge is 2.27. The molecule has 2 aromatic rings. The molecule has 0 bridgehead atoms. The summed E-state index contributed by atoms with van der Waals surface area (Å²) in [6.45, 7) is 7.88. The van der Waals surface area contributed by atoms with Crippen LogP contribution >= 0.6 is 0 Å². The molecule has 1 saturated heterocycles. The first-order valence-electron chi connectivity index (χ1n) is 10.6. The average molecular weight is 395 g/mol. The molecule has 6 nitrogen and oxygen atoms in total. The predicted molar refractivity (Wildman–Crippen MR) is 114 cm³/mol. The van der Waals surface area contributed by atoms with Gasteiger partial charge in [-0.15, -0.1) is 0 Å². The minimum atomic E-state index is 0.530. The number of piperazine rings is 1. The van der Waals surface area contributed by atoms with E-state index in [1.807, 2.05) is 38.1 Å². The van der Waals surface area contributed by atoms with Crippen LogP contribution in [0.15, 0.2) is 41.7 Å². The van der Waals surface area contributed by atoms with Crippen molar-refractivity contribution in [3.05, 3.63) is 53.2 Å². The minimum absolute atomic E-state index is 0.530. The number of nitrogens with zero attached hydrogens (tertiary/aromatic N) is 4. The van der Waals surface area contributed by atoms with Crippen molar-refractivity contribution in [1.82, 2.24) is 14.8 Å². The van der Waals surface area contributed by atoms with Crippen LogP contribution in [0.3, 0.4) is 0 Å². The monoisotopic (exact) mass is 394 g/mol. The van der Waals surface area contributed by atoms with E-state index in [9.17, 15) is 5.21 Å². The summed E-state index contributed by atoms with van der Waals surface area (Å²) in [5, 5.41) is 13.2. The number of benzene rings is 1. The molecular weight excluding hydrogens is 364 g/mol. The van der Waals surface area contributed by atoms with Crippen molar-refractivity contribution in [1.29, 1.82) is 0 Å². The Bertz CT molecular complexity index is 831. The zero-order valence-corrected chi connectivity index (χ0v) is 17.3. The van der Waals surface area contributed by atoms with Crippen molar-refractivity contribution in [2.24, 2.45) is 5.16 Å². The molecule has 1 saturated carbocycles. The molecule has 1 aliphatic carbocycles. The molecule has 1 aromatic carbocycles. The standard InChI is InChI=1S/C23H30N4O2/c1-17-13-18(2)15-21(14-17)29-22-8-7-19(16-24-22)23(25-28)27-11-9-26(10-12-27)20-5-3-4-6-20/h7-8,13-16,20,28H,3-6,9-12H2,1-2H3/b25-23-. The van der Waals surface area contributed by atoms with Gasteiger partial charge in [0.25, 0.3) is 0 Å². The summed E-state index contributed by atoms with van der Waals surface area (Å²) in [6, 6.07) is 10.6. The Labute approximate surface area is 172 Å². The number of pyridine rings is 1. The van der Waals surface area contributed by atoms with Crippen molar-refractivity contribution >= 4 is 5.84 Å². The molecule has 154 valence electrons. The second kappa shape index (κ2) is 8.82. The summed E-state index contributed by atoms with van der Waals surface area (Å²) in [6.07, 6.45) is 7.09. The van der Waals surface area contributed by atoms with E-state index >= 15 is 0 Å². The molecule has 1 N–H and O–H groups in total. The van der Waals surface area contributed by atoms with Crippen molar-refractivity contribution in [3.8, 4) is 11.6 Å². The zero-order valence-electron chi connectivity index (χ0n) is 17.3. The first-order valence-corrected chi connectivity index (χ1v) is 10.6. The van der Waals surface area contributed by atoms with Crippen LogP contribution in [0.25, 0.3) is 0 Å². The lowest BCUT2D eigenvalue weighted by Crippen LogP contribution is -2.51. The molecule has 0 radical (unpaired) electrons. The number of aromatic nitrogens is 1. The molecule has 2 fully saturated rings. The van der Waals surface area contributed by atoms with Gasteiger partial charge in [-0.1, -0.05) is 24.1 Å². The number of rotatable bonds is 4. The van der Waals surface area contributed by atoms with Gasteiger partial charge in [0.15, 0.2) is 5.84 Å². The smallest absolute Gasteiger partial charge is 0.219 e.